The van der Waals surface area contributed by atoms with E-state index in [1.54, 1.807) is 0 Å². The molecule has 0 radical (unpaired) electrons. The van der Waals surface area contributed by atoms with E-state index in [0.717, 1.165) is 25.7 Å². The van der Waals surface area contributed by atoms with Gasteiger partial charge in [0.05, 0.1) is 37.1 Å². The van der Waals surface area contributed by atoms with Crippen LogP contribution in [0.2, 0.25) is 0 Å². The molecule has 0 aromatic carbocycles. The highest BCUT2D eigenvalue weighted by Crippen LogP contribution is 2.31. The maximum atomic E-state index is 14.1. The summed E-state index contributed by atoms with van der Waals surface area (Å²) in [5, 5.41) is 0. The largest absolute Gasteiger partial charge is 0.379 e. The van der Waals surface area contributed by atoms with Crippen LogP contribution < -0.4 is 0 Å². The van der Waals surface area contributed by atoms with Crippen LogP contribution in [0.25, 0.3) is 0 Å². The van der Waals surface area contributed by atoms with Gasteiger partial charge in [-0.05, 0) is 59.8 Å². The first-order valence-corrected chi connectivity index (χ1v) is 10.3. The molecule has 6 heteroatoms. The predicted octanol–water partition coefficient (Wildman–Crippen LogP) is 4.26. The number of rotatable bonds is 11. The van der Waals surface area contributed by atoms with E-state index in [9.17, 15) is 8.78 Å². The van der Waals surface area contributed by atoms with Crippen molar-refractivity contribution in [1.82, 2.24) is 4.90 Å². The fraction of sp³-hybridized carbons (Fsp3) is 1.00. The van der Waals surface area contributed by atoms with Crippen molar-refractivity contribution in [2.75, 3.05) is 26.2 Å². The first-order chi connectivity index (χ1) is 12.2. The Hall–Kier alpha value is -0.300. The number of likely N-dealkylation sites (tertiary alicyclic amines) is 1. The van der Waals surface area contributed by atoms with Gasteiger partial charge < -0.3 is 14.2 Å². The van der Waals surface area contributed by atoms with E-state index in [1.807, 2.05) is 18.7 Å². The lowest BCUT2D eigenvalue weighted by molar-refractivity contribution is -0.148. The molecule has 0 bridgehead atoms. The number of nitrogens with zero attached hydrogens (tertiary/aromatic N) is 1. The van der Waals surface area contributed by atoms with E-state index in [4.69, 9.17) is 14.2 Å². The van der Waals surface area contributed by atoms with Crippen molar-refractivity contribution >= 4 is 0 Å². The molecule has 2 fully saturated rings. The summed E-state index contributed by atoms with van der Waals surface area (Å²) in [4.78, 5) is 1.88. The molecule has 26 heavy (non-hydrogen) atoms. The Morgan fingerprint density at radius 2 is 1.62 bits per heavy atom. The Bertz CT molecular complexity index is 393. The lowest BCUT2D eigenvalue weighted by Gasteiger charge is -2.40. The molecule has 1 saturated carbocycles. The van der Waals surface area contributed by atoms with E-state index < -0.39 is 5.92 Å². The van der Waals surface area contributed by atoms with Gasteiger partial charge in [-0.25, -0.2) is 8.78 Å². The summed E-state index contributed by atoms with van der Waals surface area (Å²) in [5.74, 6) is -2.64. The molecule has 154 valence electrons. The summed E-state index contributed by atoms with van der Waals surface area (Å²) in [5.41, 5.74) is 0. The Morgan fingerprint density at radius 1 is 0.962 bits per heavy atom. The molecule has 0 amide bonds. The fourth-order valence-corrected chi connectivity index (χ4v) is 3.66. The molecule has 0 spiro atoms. The molecular weight excluding hydrogens is 340 g/mol. The third kappa shape index (κ3) is 8.15. The predicted molar refractivity (Wildman–Crippen MR) is 98.8 cm³/mol. The van der Waals surface area contributed by atoms with Crippen LogP contribution in [0.5, 0.6) is 0 Å². The van der Waals surface area contributed by atoms with Crippen LogP contribution in [-0.4, -0.2) is 67.6 Å². The number of hydrogen-bond donors (Lipinski definition) is 0. The fourth-order valence-electron chi connectivity index (χ4n) is 3.66. The Kier molecular flexibility index (Phi) is 8.71. The van der Waals surface area contributed by atoms with Crippen molar-refractivity contribution in [3.8, 4) is 0 Å². The van der Waals surface area contributed by atoms with Gasteiger partial charge in [0.1, 0.15) is 0 Å². The van der Waals surface area contributed by atoms with Crippen LogP contribution in [0, 0.1) is 0 Å². The van der Waals surface area contributed by atoms with Gasteiger partial charge in [0.25, 0.3) is 5.92 Å². The minimum absolute atomic E-state index is 0.102. The Morgan fingerprint density at radius 3 is 2.19 bits per heavy atom. The van der Waals surface area contributed by atoms with E-state index in [1.165, 1.54) is 0 Å². The summed E-state index contributed by atoms with van der Waals surface area (Å²) in [6.45, 7) is 9.61. The van der Waals surface area contributed by atoms with Crippen LogP contribution in [0.4, 0.5) is 8.78 Å². The van der Waals surface area contributed by atoms with Crippen molar-refractivity contribution in [2.24, 2.45) is 0 Å². The second kappa shape index (κ2) is 10.3. The lowest BCUT2D eigenvalue weighted by atomic mass is 9.91. The standard InChI is InChI=1S/C20H37F2NO3/c1-15(2)24-11-5-8-20(21,22)14-23-9-6-17(7-10-23)26-19-12-18(13-19)25-16(3)4/h15-19H,5-14H2,1-4H3. The average Bonchev–Trinajstić information content (AvgIpc) is 2.50. The lowest BCUT2D eigenvalue weighted by Crippen LogP contribution is -2.46. The van der Waals surface area contributed by atoms with Gasteiger partial charge in [0.15, 0.2) is 0 Å². The monoisotopic (exact) mass is 377 g/mol. The molecule has 0 atom stereocenters. The Balaban J connectivity index is 1.56. The summed E-state index contributed by atoms with van der Waals surface area (Å²) in [6.07, 6.45) is 5.14. The van der Waals surface area contributed by atoms with Crippen LogP contribution in [0.1, 0.15) is 66.2 Å². The molecule has 4 nitrogen and oxygen atoms in total. The third-order valence-electron chi connectivity index (χ3n) is 5.03. The van der Waals surface area contributed by atoms with E-state index in [-0.39, 0.29) is 37.4 Å². The maximum Gasteiger partial charge on any atom is 0.260 e. The highest BCUT2D eigenvalue weighted by atomic mass is 19.3. The Labute approximate surface area is 157 Å². The van der Waals surface area contributed by atoms with Crippen molar-refractivity contribution in [3.63, 3.8) is 0 Å². The van der Waals surface area contributed by atoms with Crippen molar-refractivity contribution < 1.29 is 23.0 Å². The topological polar surface area (TPSA) is 30.9 Å². The number of hydrogen-bond acceptors (Lipinski definition) is 4. The number of piperidine rings is 1. The van der Waals surface area contributed by atoms with Crippen molar-refractivity contribution in [3.05, 3.63) is 0 Å². The smallest absolute Gasteiger partial charge is 0.260 e. The highest BCUT2D eigenvalue weighted by molar-refractivity contribution is 4.85. The highest BCUT2D eigenvalue weighted by Gasteiger charge is 2.36. The zero-order valence-corrected chi connectivity index (χ0v) is 16.9. The summed E-state index contributed by atoms with van der Waals surface area (Å²) in [7, 11) is 0. The minimum atomic E-state index is -2.64. The molecule has 1 heterocycles. The zero-order chi connectivity index (χ0) is 19.2. The molecule has 2 aliphatic rings. The van der Waals surface area contributed by atoms with Crippen LogP contribution in [0.15, 0.2) is 0 Å². The van der Waals surface area contributed by atoms with Gasteiger partial charge in [-0.2, -0.15) is 0 Å². The second-order valence-electron chi connectivity index (χ2n) is 8.39. The SMILES string of the molecule is CC(C)OCCCC(F)(F)CN1CCC(OC2CC(OC(C)C)C2)CC1. The number of alkyl halides is 2. The normalized spacial score (nSPS) is 25.8. The van der Waals surface area contributed by atoms with Gasteiger partial charge in [-0.15, -0.1) is 0 Å². The zero-order valence-electron chi connectivity index (χ0n) is 16.9. The molecule has 0 N–H and O–H groups in total. The summed E-state index contributed by atoms with van der Waals surface area (Å²) in [6, 6.07) is 0. The van der Waals surface area contributed by atoms with Gasteiger partial charge in [-0.3, -0.25) is 4.90 Å². The molecule has 1 aliphatic heterocycles. The van der Waals surface area contributed by atoms with Crippen molar-refractivity contribution in [1.29, 1.82) is 0 Å². The minimum Gasteiger partial charge on any atom is -0.379 e. The first-order valence-electron chi connectivity index (χ1n) is 10.3. The molecule has 0 aromatic rings. The molecule has 2 rings (SSSR count). The van der Waals surface area contributed by atoms with E-state index in [2.05, 4.69) is 13.8 Å². The number of halogens is 2. The second-order valence-corrected chi connectivity index (χ2v) is 8.39. The van der Waals surface area contributed by atoms with Gasteiger partial charge in [0, 0.05) is 26.1 Å². The summed E-state index contributed by atoms with van der Waals surface area (Å²) >= 11 is 0. The molecule has 0 unspecified atom stereocenters. The maximum absolute atomic E-state index is 14.1. The van der Waals surface area contributed by atoms with Crippen LogP contribution in [-0.2, 0) is 14.2 Å². The molecule has 0 aromatic heterocycles. The molecule has 1 aliphatic carbocycles. The third-order valence-corrected chi connectivity index (χ3v) is 5.03. The van der Waals surface area contributed by atoms with E-state index >= 15 is 0 Å². The average molecular weight is 378 g/mol. The van der Waals surface area contributed by atoms with Gasteiger partial charge >= 0.3 is 0 Å². The van der Waals surface area contributed by atoms with Crippen LogP contribution >= 0.6 is 0 Å². The van der Waals surface area contributed by atoms with E-state index in [0.29, 0.717) is 32.2 Å². The summed E-state index contributed by atoms with van der Waals surface area (Å²) < 4.78 is 45.4. The van der Waals surface area contributed by atoms with Gasteiger partial charge in [0.2, 0.25) is 0 Å². The van der Waals surface area contributed by atoms with Gasteiger partial charge in [-0.1, -0.05) is 0 Å². The van der Waals surface area contributed by atoms with Crippen LogP contribution in [0.3, 0.4) is 0 Å². The first kappa shape index (κ1) is 22.0. The molecular formula is C20H37F2NO3. The quantitative estimate of drug-likeness (QED) is 0.503. The molecule has 1 saturated heterocycles. The van der Waals surface area contributed by atoms with Crippen molar-refractivity contribution in [2.45, 2.75) is 103 Å². The number of ether oxygens (including phenoxy) is 3.